The maximum Gasteiger partial charge on any atom is 0.136 e. The molecule has 1 heteroatoms. The molecule has 2 fully saturated rings. The molecule has 2 aliphatic rings. The lowest BCUT2D eigenvalue weighted by atomic mass is 9.71. The Balaban J connectivity index is 2.27. The third-order valence-electron chi connectivity index (χ3n) is 5.41. The van der Waals surface area contributed by atoms with Gasteiger partial charge in [-0.3, -0.25) is 4.79 Å². The predicted molar refractivity (Wildman–Crippen MR) is 58.0 cm³/mol. The molecular weight excluding hydrogens is 172 g/mol. The van der Waals surface area contributed by atoms with Crippen molar-refractivity contribution >= 4 is 5.78 Å². The molecule has 0 aliphatic heterocycles. The minimum absolute atomic E-state index is 0.383. The van der Waals surface area contributed by atoms with Crippen LogP contribution in [0.4, 0.5) is 0 Å². The van der Waals surface area contributed by atoms with E-state index in [1.165, 1.54) is 12.8 Å². The first-order valence-electron chi connectivity index (χ1n) is 5.95. The third kappa shape index (κ3) is 1.04. The largest absolute Gasteiger partial charge is 0.299 e. The average molecular weight is 194 g/mol. The standard InChI is InChI=1S/C13H22O/c1-5-11(14)9-8-13(4)7-6-10(9)12(13,2)3/h9-10H,5-8H2,1-4H3/t9-,10+,13+/m0/s1. The monoisotopic (exact) mass is 194 g/mol. The van der Waals surface area contributed by atoms with Gasteiger partial charge >= 0.3 is 0 Å². The van der Waals surface area contributed by atoms with Crippen molar-refractivity contribution in [1.82, 2.24) is 0 Å². The van der Waals surface area contributed by atoms with E-state index in [-0.39, 0.29) is 0 Å². The highest BCUT2D eigenvalue weighted by Crippen LogP contribution is 2.67. The highest BCUT2D eigenvalue weighted by molar-refractivity contribution is 5.81. The Labute approximate surface area is 87.3 Å². The molecule has 0 aromatic rings. The average Bonchev–Trinajstić information content (AvgIpc) is 2.47. The zero-order valence-corrected chi connectivity index (χ0v) is 9.89. The first-order valence-corrected chi connectivity index (χ1v) is 5.95. The number of carbonyl (C=O) groups excluding carboxylic acids is 1. The second-order valence-electron chi connectivity index (χ2n) is 6.06. The van der Waals surface area contributed by atoms with Crippen molar-refractivity contribution in [2.24, 2.45) is 22.7 Å². The van der Waals surface area contributed by atoms with E-state index in [1.54, 1.807) is 0 Å². The summed E-state index contributed by atoms with van der Waals surface area (Å²) in [5.74, 6) is 1.56. The fraction of sp³-hybridized carbons (Fsp3) is 0.923. The van der Waals surface area contributed by atoms with Gasteiger partial charge in [-0.25, -0.2) is 0 Å². The molecule has 2 bridgehead atoms. The Morgan fingerprint density at radius 2 is 2.00 bits per heavy atom. The number of rotatable bonds is 2. The Kier molecular flexibility index (Phi) is 2.06. The van der Waals surface area contributed by atoms with Crippen LogP contribution in [0, 0.1) is 22.7 Å². The molecule has 2 aliphatic carbocycles. The SMILES string of the molecule is CCC(=O)[C@H]1C[C@@]2(C)CC[C@H]1C2(C)C. The Bertz CT molecular complexity index is 264. The Morgan fingerprint density at radius 1 is 1.36 bits per heavy atom. The smallest absolute Gasteiger partial charge is 0.136 e. The van der Waals surface area contributed by atoms with Gasteiger partial charge < -0.3 is 0 Å². The molecule has 80 valence electrons. The summed E-state index contributed by atoms with van der Waals surface area (Å²) in [6.45, 7) is 9.13. The van der Waals surface area contributed by atoms with Crippen molar-refractivity contribution in [2.75, 3.05) is 0 Å². The van der Waals surface area contributed by atoms with E-state index in [4.69, 9.17) is 0 Å². The fourth-order valence-corrected chi connectivity index (χ4v) is 3.90. The van der Waals surface area contributed by atoms with Crippen molar-refractivity contribution in [3.63, 3.8) is 0 Å². The van der Waals surface area contributed by atoms with Crippen LogP contribution >= 0.6 is 0 Å². The summed E-state index contributed by atoms with van der Waals surface area (Å²) in [5.41, 5.74) is 0.829. The van der Waals surface area contributed by atoms with Gasteiger partial charge in [-0.1, -0.05) is 27.7 Å². The van der Waals surface area contributed by atoms with Gasteiger partial charge in [0, 0.05) is 12.3 Å². The third-order valence-corrected chi connectivity index (χ3v) is 5.41. The molecule has 0 amide bonds. The van der Waals surface area contributed by atoms with Gasteiger partial charge in [-0.15, -0.1) is 0 Å². The summed E-state index contributed by atoms with van der Waals surface area (Å²) in [5, 5.41) is 0. The summed E-state index contributed by atoms with van der Waals surface area (Å²) in [6, 6.07) is 0. The zero-order valence-electron chi connectivity index (χ0n) is 9.89. The number of hydrogen-bond donors (Lipinski definition) is 0. The molecule has 0 unspecified atom stereocenters. The van der Waals surface area contributed by atoms with E-state index in [2.05, 4.69) is 20.8 Å². The molecule has 0 N–H and O–H groups in total. The molecule has 1 nitrogen and oxygen atoms in total. The van der Waals surface area contributed by atoms with Gasteiger partial charge in [0.25, 0.3) is 0 Å². The van der Waals surface area contributed by atoms with Crippen molar-refractivity contribution < 1.29 is 4.79 Å². The number of fused-ring (bicyclic) bond motifs is 2. The molecular formula is C13H22O. The topological polar surface area (TPSA) is 17.1 Å². The Morgan fingerprint density at radius 3 is 2.36 bits per heavy atom. The molecule has 3 atom stereocenters. The zero-order chi connectivity index (χ0) is 10.6. The normalized spacial score (nSPS) is 44.3. The van der Waals surface area contributed by atoms with Crippen molar-refractivity contribution in [3.05, 3.63) is 0 Å². The fourth-order valence-electron chi connectivity index (χ4n) is 3.90. The summed E-state index contributed by atoms with van der Waals surface area (Å²) >= 11 is 0. The van der Waals surface area contributed by atoms with Crippen molar-refractivity contribution in [3.8, 4) is 0 Å². The number of ketones is 1. The van der Waals surface area contributed by atoms with E-state index in [9.17, 15) is 4.79 Å². The minimum atomic E-state index is 0.383. The van der Waals surface area contributed by atoms with Crippen LogP contribution < -0.4 is 0 Å². The molecule has 2 rings (SSSR count). The first kappa shape index (κ1) is 10.2. The van der Waals surface area contributed by atoms with Crippen LogP contribution in [0.1, 0.15) is 53.4 Å². The maximum absolute atomic E-state index is 11.8. The van der Waals surface area contributed by atoms with E-state index in [1.807, 2.05) is 6.92 Å². The van der Waals surface area contributed by atoms with Gasteiger partial charge in [-0.05, 0) is 36.0 Å². The molecule has 0 aromatic heterocycles. The van der Waals surface area contributed by atoms with Crippen LogP contribution in [0.5, 0.6) is 0 Å². The van der Waals surface area contributed by atoms with E-state index in [0.29, 0.717) is 28.4 Å². The van der Waals surface area contributed by atoms with E-state index in [0.717, 1.165) is 12.8 Å². The van der Waals surface area contributed by atoms with Gasteiger partial charge in [0.15, 0.2) is 0 Å². The van der Waals surface area contributed by atoms with Crippen molar-refractivity contribution in [2.45, 2.75) is 53.4 Å². The Hall–Kier alpha value is -0.330. The molecule has 0 saturated heterocycles. The quantitative estimate of drug-likeness (QED) is 0.658. The lowest BCUT2D eigenvalue weighted by Crippen LogP contribution is -2.26. The molecule has 2 saturated carbocycles. The minimum Gasteiger partial charge on any atom is -0.299 e. The lowest BCUT2D eigenvalue weighted by Gasteiger charge is -2.34. The maximum atomic E-state index is 11.8. The second-order valence-corrected chi connectivity index (χ2v) is 6.06. The molecule has 0 aromatic carbocycles. The van der Waals surface area contributed by atoms with Gasteiger partial charge in [-0.2, -0.15) is 0 Å². The summed E-state index contributed by atoms with van der Waals surface area (Å²) in [4.78, 5) is 11.8. The van der Waals surface area contributed by atoms with Gasteiger partial charge in [0.1, 0.15) is 5.78 Å². The number of carbonyl (C=O) groups is 1. The van der Waals surface area contributed by atoms with Gasteiger partial charge in [0.05, 0.1) is 0 Å². The molecule has 0 radical (unpaired) electrons. The number of Topliss-reactive ketones (excluding diaryl/α,β-unsaturated/α-hetero) is 1. The van der Waals surface area contributed by atoms with E-state index >= 15 is 0 Å². The predicted octanol–water partition coefficient (Wildman–Crippen LogP) is 3.43. The summed E-state index contributed by atoms with van der Waals surface area (Å²) < 4.78 is 0. The molecule has 0 spiro atoms. The van der Waals surface area contributed by atoms with Crippen LogP contribution in [-0.2, 0) is 4.79 Å². The van der Waals surface area contributed by atoms with E-state index < -0.39 is 0 Å². The van der Waals surface area contributed by atoms with Gasteiger partial charge in [0.2, 0.25) is 0 Å². The highest BCUT2D eigenvalue weighted by atomic mass is 16.1. The van der Waals surface area contributed by atoms with Crippen LogP contribution in [0.3, 0.4) is 0 Å². The van der Waals surface area contributed by atoms with Crippen LogP contribution in [-0.4, -0.2) is 5.78 Å². The van der Waals surface area contributed by atoms with Crippen LogP contribution in [0.25, 0.3) is 0 Å². The number of hydrogen-bond acceptors (Lipinski definition) is 1. The molecule has 14 heavy (non-hydrogen) atoms. The highest BCUT2D eigenvalue weighted by Gasteiger charge is 2.61. The first-order chi connectivity index (χ1) is 6.42. The van der Waals surface area contributed by atoms with Crippen molar-refractivity contribution in [1.29, 1.82) is 0 Å². The second kappa shape index (κ2) is 2.84. The molecule has 0 heterocycles. The lowest BCUT2D eigenvalue weighted by molar-refractivity contribution is -0.124. The van der Waals surface area contributed by atoms with Crippen LogP contribution in [0.2, 0.25) is 0 Å². The van der Waals surface area contributed by atoms with Crippen LogP contribution in [0.15, 0.2) is 0 Å². The summed E-state index contributed by atoms with van der Waals surface area (Å²) in [7, 11) is 0. The summed E-state index contributed by atoms with van der Waals surface area (Å²) in [6.07, 6.45) is 4.49.